The van der Waals surface area contributed by atoms with Gasteiger partial charge in [0, 0.05) is 85.2 Å². The summed E-state index contributed by atoms with van der Waals surface area (Å²) in [6.07, 6.45) is 6.23. The second-order valence-electron chi connectivity index (χ2n) is 14.1. The molecule has 4 aromatic rings. The van der Waals surface area contributed by atoms with Crippen LogP contribution in [0.2, 0.25) is 10.0 Å². The Labute approximate surface area is 308 Å². The Balaban J connectivity index is 1.05. The van der Waals surface area contributed by atoms with Gasteiger partial charge in [-0.3, -0.25) is 19.6 Å². The van der Waals surface area contributed by atoms with Crippen LogP contribution in [0.15, 0.2) is 60.9 Å². The highest BCUT2D eigenvalue weighted by atomic mass is 35.5. The predicted octanol–water partition coefficient (Wildman–Crippen LogP) is 6.28. The molecular formula is C39H41Cl2N7O3. The number of likely N-dealkylation sites (tertiary alicyclic amines) is 1. The number of aromatic nitrogens is 3. The number of allylic oxidation sites excluding steroid dienone is 1. The number of pyridine rings is 1. The number of carbonyl (C=O) groups is 1. The third-order valence-corrected chi connectivity index (χ3v) is 11.4. The highest BCUT2D eigenvalue weighted by Gasteiger charge is 2.47. The van der Waals surface area contributed by atoms with Crippen LogP contribution in [0.5, 0.6) is 11.8 Å². The molecule has 1 atom stereocenters. The van der Waals surface area contributed by atoms with Gasteiger partial charge in [0.1, 0.15) is 5.69 Å². The molecule has 4 aliphatic heterocycles. The standard InChI is InChI=1S/C39H41Cl2N7O3/c1-23-10-11-25(43-23)19-47-15-13-26-24(18-47)16-31(44-37(26)50-2)29-8-4-6-27(35(29)40)28-7-5-9-30(36(28)41)32-17-42-33(38(45-32)51-3)20-48-21-39(22-48)14-12-34(49)46-39/h4-9,16-17,25,43H,1,10-15,18-22H2,2-3H3,(H,46,49). The number of ether oxygens (including phenoxy) is 2. The van der Waals surface area contributed by atoms with Gasteiger partial charge in [0.05, 0.1) is 47.4 Å². The summed E-state index contributed by atoms with van der Waals surface area (Å²) in [4.78, 5) is 31.0. The zero-order chi connectivity index (χ0) is 35.3. The van der Waals surface area contributed by atoms with E-state index in [1.807, 2.05) is 36.4 Å². The number of rotatable bonds is 9. The molecule has 0 bridgehead atoms. The van der Waals surface area contributed by atoms with Crippen LogP contribution in [0.4, 0.5) is 0 Å². The first-order valence-electron chi connectivity index (χ1n) is 17.5. The fourth-order valence-corrected chi connectivity index (χ4v) is 8.76. The average molecular weight is 727 g/mol. The van der Waals surface area contributed by atoms with Crippen molar-refractivity contribution in [2.75, 3.05) is 40.4 Å². The minimum atomic E-state index is -0.101. The zero-order valence-corrected chi connectivity index (χ0v) is 30.4. The summed E-state index contributed by atoms with van der Waals surface area (Å²) in [5.74, 6) is 1.22. The molecule has 3 fully saturated rings. The maximum Gasteiger partial charge on any atom is 0.237 e. The summed E-state index contributed by atoms with van der Waals surface area (Å²) in [5, 5.41) is 7.72. The summed E-state index contributed by atoms with van der Waals surface area (Å²) >= 11 is 14.4. The lowest BCUT2D eigenvalue weighted by molar-refractivity contribution is -0.120. The number of nitrogens with zero attached hydrogens (tertiary/aromatic N) is 5. The van der Waals surface area contributed by atoms with Crippen LogP contribution in [-0.2, 0) is 24.3 Å². The van der Waals surface area contributed by atoms with E-state index in [0.717, 1.165) is 103 Å². The van der Waals surface area contributed by atoms with Crippen LogP contribution < -0.4 is 20.1 Å². The van der Waals surface area contributed by atoms with Gasteiger partial charge in [-0.05, 0) is 37.3 Å². The molecule has 1 amide bonds. The number of carbonyl (C=O) groups excluding carboxylic acids is 1. The summed E-state index contributed by atoms with van der Waals surface area (Å²) in [6, 6.07) is 14.4. The first-order chi connectivity index (χ1) is 24.7. The number of methoxy groups -OCH3 is 2. The van der Waals surface area contributed by atoms with E-state index in [2.05, 4.69) is 33.1 Å². The van der Waals surface area contributed by atoms with E-state index in [-0.39, 0.29) is 11.4 Å². The van der Waals surface area contributed by atoms with E-state index in [4.69, 9.17) is 47.6 Å². The molecule has 8 rings (SSSR count). The molecule has 4 aliphatic rings. The summed E-state index contributed by atoms with van der Waals surface area (Å²) in [7, 11) is 3.28. The van der Waals surface area contributed by atoms with Gasteiger partial charge in [0.15, 0.2) is 0 Å². The highest BCUT2D eigenvalue weighted by Crippen LogP contribution is 2.43. The van der Waals surface area contributed by atoms with Crippen molar-refractivity contribution < 1.29 is 14.3 Å². The Bertz CT molecular complexity index is 2030. The molecule has 0 radical (unpaired) electrons. The molecule has 1 unspecified atom stereocenters. The van der Waals surface area contributed by atoms with Gasteiger partial charge in [-0.15, -0.1) is 0 Å². The van der Waals surface area contributed by atoms with Crippen LogP contribution in [-0.4, -0.2) is 82.6 Å². The van der Waals surface area contributed by atoms with E-state index in [0.29, 0.717) is 46.5 Å². The van der Waals surface area contributed by atoms with Crippen LogP contribution >= 0.6 is 23.2 Å². The van der Waals surface area contributed by atoms with E-state index in [9.17, 15) is 4.79 Å². The Hall–Kier alpha value is -4.22. The lowest BCUT2D eigenvalue weighted by Crippen LogP contribution is -2.66. The summed E-state index contributed by atoms with van der Waals surface area (Å²) in [5.41, 5.74) is 8.57. The summed E-state index contributed by atoms with van der Waals surface area (Å²) < 4.78 is 11.5. The second kappa shape index (κ2) is 13.7. The lowest BCUT2D eigenvalue weighted by atomic mass is 9.88. The fraction of sp³-hybridized carbons (Fsp3) is 0.385. The first kappa shape index (κ1) is 33.9. The molecule has 264 valence electrons. The van der Waals surface area contributed by atoms with Gasteiger partial charge in [-0.1, -0.05) is 66.2 Å². The van der Waals surface area contributed by atoms with Crippen LogP contribution in [0, 0.1) is 0 Å². The van der Waals surface area contributed by atoms with E-state index >= 15 is 0 Å². The fourth-order valence-electron chi connectivity index (χ4n) is 8.11. The number of hydrogen-bond donors (Lipinski definition) is 2. The largest absolute Gasteiger partial charge is 0.481 e. The number of halogens is 2. The maximum atomic E-state index is 11.8. The molecule has 1 spiro atoms. The van der Waals surface area contributed by atoms with Crippen LogP contribution in [0.1, 0.15) is 42.5 Å². The molecule has 0 aliphatic carbocycles. The monoisotopic (exact) mass is 725 g/mol. The molecule has 2 N–H and O–H groups in total. The average Bonchev–Trinajstić information content (AvgIpc) is 3.72. The number of amides is 1. The van der Waals surface area contributed by atoms with Crippen molar-refractivity contribution in [3.8, 4) is 45.4 Å². The SMILES string of the molecule is C=C1CCC(CN2CCc3c(cc(-c4cccc(-c5cccc(-c6cnc(CN7CC8(CCC(=O)N8)C7)c(OC)n6)c5Cl)c4Cl)nc3OC)C2)N1. The minimum Gasteiger partial charge on any atom is -0.481 e. The van der Waals surface area contributed by atoms with Gasteiger partial charge in [0.2, 0.25) is 17.7 Å². The van der Waals surface area contributed by atoms with Crippen molar-refractivity contribution in [2.24, 2.45) is 0 Å². The second-order valence-corrected chi connectivity index (χ2v) is 14.9. The third-order valence-electron chi connectivity index (χ3n) is 10.6. The van der Waals surface area contributed by atoms with Gasteiger partial charge in [0.25, 0.3) is 0 Å². The molecule has 2 aromatic heterocycles. The molecular weight excluding hydrogens is 685 g/mol. The van der Waals surface area contributed by atoms with Crippen molar-refractivity contribution in [1.29, 1.82) is 0 Å². The summed E-state index contributed by atoms with van der Waals surface area (Å²) in [6.45, 7) is 9.02. The van der Waals surface area contributed by atoms with Crippen molar-refractivity contribution in [3.63, 3.8) is 0 Å². The quantitative estimate of drug-likeness (QED) is 0.206. The van der Waals surface area contributed by atoms with E-state index < -0.39 is 0 Å². The smallest absolute Gasteiger partial charge is 0.237 e. The number of hydrogen-bond acceptors (Lipinski definition) is 9. The Morgan fingerprint density at radius 3 is 2.25 bits per heavy atom. The Kier molecular flexibility index (Phi) is 9.12. The van der Waals surface area contributed by atoms with Gasteiger partial charge >= 0.3 is 0 Å². The van der Waals surface area contributed by atoms with Crippen molar-refractivity contribution >= 4 is 29.1 Å². The lowest BCUT2D eigenvalue weighted by Gasteiger charge is -2.47. The first-order valence-corrected chi connectivity index (χ1v) is 18.2. The topological polar surface area (TPSA) is 105 Å². The van der Waals surface area contributed by atoms with Gasteiger partial charge in [-0.25, -0.2) is 9.97 Å². The molecule has 12 heteroatoms. The van der Waals surface area contributed by atoms with Crippen molar-refractivity contribution in [1.82, 2.24) is 35.4 Å². The van der Waals surface area contributed by atoms with Crippen LogP contribution in [0.3, 0.4) is 0 Å². The van der Waals surface area contributed by atoms with E-state index in [1.165, 1.54) is 5.56 Å². The maximum absolute atomic E-state index is 11.8. The molecule has 3 saturated heterocycles. The Morgan fingerprint density at radius 2 is 1.61 bits per heavy atom. The highest BCUT2D eigenvalue weighted by molar-refractivity contribution is 6.39. The predicted molar refractivity (Wildman–Crippen MR) is 199 cm³/mol. The molecule has 2 aromatic carbocycles. The number of nitrogens with one attached hydrogen (secondary N) is 2. The van der Waals surface area contributed by atoms with Gasteiger partial charge in [-0.2, -0.15) is 0 Å². The number of fused-ring (bicyclic) bond motifs is 1. The molecule has 51 heavy (non-hydrogen) atoms. The Morgan fingerprint density at radius 1 is 0.922 bits per heavy atom. The molecule has 0 saturated carbocycles. The van der Waals surface area contributed by atoms with Gasteiger partial charge < -0.3 is 20.1 Å². The zero-order valence-electron chi connectivity index (χ0n) is 28.9. The molecule has 6 heterocycles. The third kappa shape index (κ3) is 6.55. The number of benzene rings is 2. The normalized spacial score (nSPS) is 19.8. The van der Waals surface area contributed by atoms with Crippen molar-refractivity contribution in [3.05, 3.63) is 87.8 Å². The minimum absolute atomic E-state index is 0.101. The van der Waals surface area contributed by atoms with Crippen molar-refractivity contribution in [2.45, 2.75) is 56.8 Å². The molecule has 10 nitrogen and oxygen atoms in total. The van der Waals surface area contributed by atoms with E-state index in [1.54, 1.807) is 20.4 Å². The van der Waals surface area contributed by atoms with Crippen LogP contribution in [0.25, 0.3) is 33.6 Å².